The normalized spacial score (nSPS) is 14.8. The van der Waals surface area contributed by atoms with Crippen LogP contribution >= 0.6 is 11.6 Å². The van der Waals surface area contributed by atoms with Gasteiger partial charge in [-0.1, -0.05) is 25.4 Å². The summed E-state index contributed by atoms with van der Waals surface area (Å²) in [6, 6.07) is 0. The molecule has 0 radical (unpaired) electrons. The molecule has 12 heavy (non-hydrogen) atoms. The lowest BCUT2D eigenvalue weighted by Crippen LogP contribution is -2.57. The first kappa shape index (κ1) is 12.4. The molecular formula is C8H21ClN2Si. The van der Waals surface area contributed by atoms with E-state index < -0.39 is 0 Å². The third-order valence-electron chi connectivity index (χ3n) is 2.14. The lowest BCUT2D eigenvalue weighted by atomic mass is 10.1. The maximum Gasteiger partial charge on any atom is 0.152 e. The summed E-state index contributed by atoms with van der Waals surface area (Å²) in [5, 5.41) is -0.208. The fraction of sp³-hybridized carbons (Fsp3) is 1.00. The maximum atomic E-state index is 6.57. The summed E-state index contributed by atoms with van der Waals surface area (Å²) < 4.78 is 0. The minimum absolute atomic E-state index is 0.154. The second kappa shape index (κ2) is 3.66. The summed E-state index contributed by atoms with van der Waals surface area (Å²) in [6.45, 7) is 4.40. The highest BCUT2D eigenvalue weighted by atomic mass is 35.5. The maximum absolute atomic E-state index is 6.57. The zero-order valence-corrected chi connectivity index (χ0v) is 12.0. The lowest BCUT2D eigenvalue weighted by Gasteiger charge is -2.49. The van der Waals surface area contributed by atoms with Crippen LogP contribution in [-0.2, 0) is 0 Å². The van der Waals surface area contributed by atoms with E-state index in [0.717, 1.165) is 10.2 Å². The minimum Gasteiger partial charge on any atom is -0.279 e. The van der Waals surface area contributed by atoms with Gasteiger partial charge in [0.25, 0.3) is 0 Å². The van der Waals surface area contributed by atoms with Crippen molar-refractivity contribution in [3.63, 3.8) is 0 Å². The van der Waals surface area contributed by atoms with Crippen LogP contribution in [0.25, 0.3) is 0 Å². The Morgan fingerprint density at radius 1 is 1.00 bits per heavy atom. The van der Waals surface area contributed by atoms with Gasteiger partial charge in [0.05, 0.1) is 0 Å². The van der Waals surface area contributed by atoms with E-state index in [1.807, 2.05) is 28.2 Å². The van der Waals surface area contributed by atoms with Gasteiger partial charge < -0.3 is 0 Å². The number of halogens is 1. The predicted octanol–water partition coefficient (Wildman–Crippen LogP) is 0.566. The van der Waals surface area contributed by atoms with Crippen LogP contribution in [0.15, 0.2) is 0 Å². The van der Waals surface area contributed by atoms with E-state index in [1.165, 1.54) is 0 Å². The van der Waals surface area contributed by atoms with E-state index in [1.54, 1.807) is 0 Å². The highest BCUT2D eigenvalue weighted by molar-refractivity contribution is 6.30. The summed E-state index contributed by atoms with van der Waals surface area (Å²) in [7, 11) is 9.15. The predicted molar refractivity (Wildman–Crippen MR) is 59.9 cm³/mol. The third-order valence-corrected chi connectivity index (χ3v) is 4.40. The molecule has 0 unspecified atom stereocenters. The van der Waals surface area contributed by atoms with Gasteiger partial charge in [0.15, 0.2) is 5.12 Å². The van der Waals surface area contributed by atoms with Crippen molar-refractivity contribution in [2.24, 2.45) is 0 Å². The van der Waals surface area contributed by atoms with Gasteiger partial charge in [-0.15, -0.1) is 0 Å². The van der Waals surface area contributed by atoms with Gasteiger partial charge in [-0.25, -0.2) is 0 Å². The van der Waals surface area contributed by atoms with Gasteiger partial charge in [-0.05, 0) is 33.2 Å². The highest BCUT2D eigenvalue weighted by Crippen LogP contribution is 2.42. The van der Waals surface area contributed by atoms with Gasteiger partial charge in [-0.3, -0.25) is 9.80 Å². The Balaban J connectivity index is 4.89. The molecule has 0 aromatic rings. The molecule has 0 aromatic heterocycles. The summed E-state index contributed by atoms with van der Waals surface area (Å²) in [6.07, 6.45) is 0. The number of hydrogen-bond acceptors (Lipinski definition) is 2. The van der Waals surface area contributed by atoms with Crippen molar-refractivity contribution < 1.29 is 0 Å². The van der Waals surface area contributed by atoms with Crippen molar-refractivity contribution in [3.05, 3.63) is 0 Å². The molecule has 2 nitrogen and oxygen atoms in total. The molecule has 0 heterocycles. The van der Waals surface area contributed by atoms with Crippen LogP contribution in [0.3, 0.4) is 0 Å². The molecule has 0 amide bonds. The van der Waals surface area contributed by atoms with Gasteiger partial charge in [0.2, 0.25) is 0 Å². The van der Waals surface area contributed by atoms with Gasteiger partial charge in [-0.2, -0.15) is 0 Å². The fourth-order valence-corrected chi connectivity index (χ4v) is 2.64. The first-order valence-corrected chi connectivity index (χ1v) is 5.55. The van der Waals surface area contributed by atoms with Crippen LogP contribution in [0, 0.1) is 0 Å². The summed E-state index contributed by atoms with van der Waals surface area (Å²) in [4.78, 5) is 4.14. The second-order valence-corrected chi connectivity index (χ2v) is 7.65. The summed E-state index contributed by atoms with van der Waals surface area (Å²) >= 11 is 6.57. The molecule has 0 N–H and O–H groups in total. The average molecular weight is 209 g/mol. The molecule has 0 fully saturated rings. The van der Waals surface area contributed by atoms with Crippen molar-refractivity contribution >= 4 is 21.8 Å². The smallest absolute Gasteiger partial charge is 0.152 e. The third kappa shape index (κ3) is 2.02. The van der Waals surface area contributed by atoms with Gasteiger partial charge in [0, 0.05) is 10.2 Å². The monoisotopic (exact) mass is 208 g/mol. The number of hydrogen-bond donors (Lipinski definition) is 0. The van der Waals surface area contributed by atoms with Crippen LogP contribution in [0.1, 0.15) is 13.8 Å². The van der Waals surface area contributed by atoms with Gasteiger partial charge in [0.1, 0.15) is 0 Å². The SMILES string of the molecule is CN(C)C(Cl)(N(C)C)C(C)(C)[SiH3]. The highest BCUT2D eigenvalue weighted by Gasteiger charge is 2.44. The Morgan fingerprint density at radius 2 is 1.25 bits per heavy atom. The van der Waals surface area contributed by atoms with Crippen LogP contribution in [0.2, 0.25) is 5.04 Å². The molecule has 0 saturated heterocycles. The molecule has 0 atom stereocenters. The Bertz CT molecular complexity index is 144. The largest absolute Gasteiger partial charge is 0.279 e. The van der Waals surface area contributed by atoms with Crippen molar-refractivity contribution in [1.29, 1.82) is 0 Å². The van der Waals surface area contributed by atoms with Crippen LogP contribution in [0.5, 0.6) is 0 Å². The van der Waals surface area contributed by atoms with Crippen LogP contribution < -0.4 is 0 Å². The first-order valence-electron chi connectivity index (χ1n) is 4.18. The first-order chi connectivity index (χ1) is 5.14. The summed E-state index contributed by atoms with van der Waals surface area (Å²) in [5.41, 5.74) is 0. The molecule has 0 aliphatic heterocycles. The topological polar surface area (TPSA) is 6.48 Å². The Morgan fingerprint density at radius 3 is 1.25 bits per heavy atom. The molecule has 4 heteroatoms. The van der Waals surface area contributed by atoms with E-state index in [2.05, 4.69) is 23.6 Å². The van der Waals surface area contributed by atoms with Crippen molar-refractivity contribution in [2.45, 2.75) is 24.0 Å². The van der Waals surface area contributed by atoms with Crippen LogP contribution in [0.4, 0.5) is 0 Å². The van der Waals surface area contributed by atoms with E-state index in [9.17, 15) is 0 Å². The Hall–Kier alpha value is 0.427. The van der Waals surface area contributed by atoms with Crippen molar-refractivity contribution in [2.75, 3.05) is 28.2 Å². The molecule has 0 spiro atoms. The average Bonchev–Trinajstić information content (AvgIpc) is 1.82. The number of nitrogens with zero attached hydrogens (tertiary/aromatic N) is 2. The molecule has 0 aliphatic rings. The Labute approximate surface area is 84.3 Å². The second-order valence-electron chi connectivity index (χ2n) is 4.63. The molecule has 74 valence electrons. The number of alkyl halides is 1. The molecular weight excluding hydrogens is 188 g/mol. The standard InChI is InChI=1S/C8H21ClN2Si/c1-7(2,12)8(9,10(3)4)11(5)6/h1-6,12H3. The van der Waals surface area contributed by atoms with E-state index >= 15 is 0 Å². The Kier molecular flexibility index (Phi) is 3.79. The van der Waals surface area contributed by atoms with Crippen LogP contribution in [-0.4, -0.2) is 53.4 Å². The molecule has 0 bridgehead atoms. The van der Waals surface area contributed by atoms with E-state index in [4.69, 9.17) is 11.6 Å². The fourth-order valence-electron chi connectivity index (χ4n) is 1.74. The number of rotatable bonds is 3. The zero-order valence-electron chi connectivity index (χ0n) is 9.27. The molecule has 0 saturated carbocycles. The lowest BCUT2D eigenvalue weighted by molar-refractivity contribution is 0.0505. The van der Waals surface area contributed by atoms with Crippen molar-refractivity contribution in [3.8, 4) is 0 Å². The molecule has 0 rings (SSSR count). The van der Waals surface area contributed by atoms with E-state index in [0.29, 0.717) is 0 Å². The summed E-state index contributed by atoms with van der Waals surface area (Å²) in [5.74, 6) is 0. The van der Waals surface area contributed by atoms with E-state index in [-0.39, 0.29) is 10.2 Å². The minimum atomic E-state index is -0.362. The van der Waals surface area contributed by atoms with Gasteiger partial charge >= 0.3 is 0 Å². The zero-order chi connectivity index (χ0) is 10.2. The molecule has 0 aromatic carbocycles. The quantitative estimate of drug-likeness (QED) is 0.290. The van der Waals surface area contributed by atoms with Crippen molar-refractivity contribution in [1.82, 2.24) is 9.80 Å². The molecule has 0 aliphatic carbocycles.